The van der Waals surface area contributed by atoms with Crippen LogP contribution in [-0.4, -0.2) is 34.2 Å². The second-order valence-corrected chi connectivity index (χ2v) is 8.05. The molecule has 2 aliphatic rings. The summed E-state index contributed by atoms with van der Waals surface area (Å²) in [4.78, 5) is 34.5. The van der Waals surface area contributed by atoms with E-state index in [9.17, 15) is 9.59 Å². The first-order valence-corrected chi connectivity index (χ1v) is 10.3. The molecule has 2 aromatic heterocycles. The second-order valence-electron chi connectivity index (χ2n) is 7.04. The van der Waals surface area contributed by atoms with Crippen molar-refractivity contribution in [2.24, 2.45) is 5.92 Å². The molecule has 2 aromatic rings. The minimum Gasteiger partial charge on any atom is -0.469 e. The van der Waals surface area contributed by atoms with E-state index in [1.807, 2.05) is 12.1 Å². The van der Waals surface area contributed by atoms with Crippen molar-refractivity contribution in [3.63, 3.8) is 0 Å². The van der Waals surface area contributed by atoms with Gasteiger partial charge in [-0.25, -0.2) is 9.97 Å². The third-order valence-corrected chi connectivity index (χ3v) is 5.91. The number of hydrogen-bond acceptors (Lipinski definition) is 7. The first kappa shape index (κ1) is 18.7. The molecule has 4 rings (SSSR count). The third-order valence-electron chi connectivity index (χ3n) is 5.10. The van der Waals surface area contributed by atoms with Gasteiger partial charge in [-0.1, -0.05) is 0 Å². The van der Waals surface area contributed by atoms with E-state index in [1.165, 1.54) is 6.42 Å². The molecule has 0 radical (unpaired) electrons. The minimum absolute atomic E-state index is 0.348. The zero-order valence-electron chi connectivity index (χ0n) is 15.5. The van der Waals surface area contributed by atoms with Crippen LogP contribution in [0.1, 0.15) is 37.1 Å². The number of thioether (sulfide) groups is 1. The SMILES string of the molecule is O=C1NC(=O)/C(=C/c2ccnc(N3CCC(CCCc4ccco4)CC3)n2)S1. The van der Waals surface area contributed by atoms with Gasteiger partial charge in [0.2, 0.25) is 5.95 Å². The Morgan fingerprint density at radius 3 is 2.86 bits per heavy atom. The summed E-state index contributed by atoms with van der Waals surface area (Å²) >= 11 is 0.898. The third kappa shape index (κ3) is 4.62. The molecule has 0 saturated carbocycles. The molecule has 0 bridgehead atoms. The van der Waals surface area contributed by atoms with Crippen molar-refractivity contribution in [1.29, 1.82) is 0 Å². The molecule has 2 fully saturated rings. The predicted molar refractivity (Wildman–Crippen MR) is 108 cm³/mol. The fourth-order valence-electron chi connectivity index (χ4n) is 3.59. The van der Waals surface area contributed by atoms with Gasteiger partial charge >= 0.3 is 0 Å². The van der Waals surface area contributed by atoms with E-state index in [0.717, 1.165) is 62.2 Å². The molecule has 2 aliphatic heterocycles. The normalized spacial score (nSPS) is 19.4. The Morgan fingerprint density at radius 1 is 1.29 bits per heavy atom. The highest BCUT2D eigenvalue weighted by molar-refractivity contribution is 8.18. The number of rotatable bonds is 6. The zero-order chi connectivity index (χ0) is 19.3. The summed E-state index contributed by atoms with van der Waals surface area (Å²) in [5.41, 5.74) is 0.637. The molecule has 2 amide bonds. The van der Waals surface area contributed by atoms with E-state index in [-0.39, 0.29) is 11.1 Å². The number of carbonyl (C=O) groups is 2. The largest absolute Gasteiger partial charge is 0.469 e. The topological polar surface area (TPSA) is 88.3 Å². The molecule has 7 nitrogen and oxygen atoms in total. The summed E-state index contributed by atoms with van der Waals surface area (Å²) < 4.78 is 5.39. The van der Waals surface area contributed by atoms with Gasteiger partial charge in [0, 0.05) is 25.7 Å². The van der Waals surface area contributed by atoms with Crippen molar-refractivity contribution in [1.82, 2.24) is 15.3 Å². The quantitative estimate of drug-likeness (QED) is 0.743. The molecule has 2 saturated heterocycles. The Balaban J connectivity index is 1.30. The van der Waals surface area contributed by atoms with E-state index in [1.54, 1.807) is 24.6 Å². The lowest BCUT2D eigenvalue weighted by Gasteiger charge is -2.32. The number of carbonyl (C=O) groups excluding carboxylic acids is 2. The average Bonchev–Trinajstić information content (AvgIpc) is 3.32. The molecule has 1 N–H and O–H groups in total. The first-order valence-electron chi connectivity index (χ1n) is 9.52. The van der Waals surface area contributed by atoms with Gasteiger partial charge in [0.15, 0.2) is 0 Å². The van der Waals surface area contributed by atoms with Gasteiger partial charge in [0.05, 0.1) is 16.9 Å². The average molecular weight is 398 g/mol. The maximum atomic E-state index is 11.7. The highest BCUT2D eigenvalue weighted by Crippen LogP contribution is 2.27. The van der Waals surface area contributed by atoms with E-state index < -0.39 is 0 Å². The highest BCUT2D eigenvalue weighted by Gasteiger charge is 2.25. The van der Waals surface area contributed by atoms with Crippen LogP contribution in [-0.2, 0) is 11.2 Å². The smallest absolute Gasteiger partial charge is 0.290 e. The molecule has 0 spiro atoms. The minimum atomic E-state index is -0.370. The van der Waals surface area contributed by atoms with Crippen LogP contribution >= 0.6 is 11.8 Å². The van der Waals surface area contributed by atoms with Crippen LogP contribution in [0.4, 0.5) is 10.7 Å². The van der Waals surface area contributed by atoms with E-state index in [2.05, 4.69) is 20.2 Å². The number of aryl methyl sites for hydroxylation is 1. The Bertz CT molecular complexity index is 873. The van der Waals surface area contributed by atoms with E-state index in [0.29, 0.717) is 16.5 Å². The van der Waals surface area contributed by atoms with E-state index >= 15 is 0 Å². The van der Waals surface area contributed by atoms with Crippen molar-refractivity contribution in [3.8, 4) is 0 Å². The number of aromatic nitrogens is 2. The Kier molecular flexibility index (Phi) is 5.76. The number of amides is 2. The summed E-state index contributed by atoms with van der Waals surface area (Å²) in [6.45, 7) is 1.86. The lowest BCUT2D eigenvalue weighted by atomic mass is 9.91. The van der Waals surface area contributed by atoms with Crippen LogP contribution in [0.15, 0.2) is 40.0 Å². The van der Waals surface area contributed by atoms with Crippen molar-refractivity contribution in [2.45, 2.75) is 32.1 Å². The number of hydrogen-bond donors (Lipinski definition) is 1. The summed E-state index contributed by atoms with van der Waals surface area (Å²) in [6.07, 6.45) is 10.7. The van der Waals surface area contributed by atoms with Crippen LogP contribution in [0.3, 0.4) is 0 Å². The molecule has 0 aromatic carbocycles. The van der Waals surface area contributed by atoms with Gasteiger partial charge in [0.25, 0.3) is 11.1 Å². The van der Waals surface area contributed by atoms with Crippen LogP contribution in [0.25, 0.3) is 6.08 Å². The maximum Gasteiger partial charge on any atom is 0.290 e. The molecule has 0 atom stereocenters. The number of furan rings is 1. The lowest BCUT2D eigenvalue weighted by Crippen LogP contribution is -2.35. The molecular formula is C20H22N4O3S. The van der Waals surface area contributed by atoms with Gasteiger partial charge in [0.1, 0.15) is 5.76 Å². The van der Waals surface area contributed by atoms with E-state index in [4.69, 9.17) is 4.42 Å². The summed E-state index contributed by atoms with van der Waals surface area (Å²) in [6, 6.07) is 5.72. The molecule has 28 heavy (non-hydrogen) atoms. The second kappa shape index (κ2) is 8.60. The summed E-state index contributed by atoms with van der Waals surface area (Å²) in [5, 5.41) is 1.91. The molecule has 146 valence electrons. The van der Waals surface area contributed by atoms with Gasteiger partial charge in [-0.3, -0.25) is 14.9 Å². The Labute approximate surface area is 167 Å². The molecule has 4 heterocycles. The molecule has 0 unspecified atom stereocenters. The highest BCUT2D eigenvalue weighted by atomic mass is 32.2. The molecule has 0 aliphatic carbocycles. The standard InChI is InChI=1S/C20H22N4O3S/c25-18-17(28-20(26)23-18)13-15-6-9-21-19(22-15)24-10-7-14(8-11-24)3-1-4-16-5-2-12-27-16/h2,5-6,9,12-14H,1,3-4,7-8,10-11H2,(H,23,25,26)/b17-13-. The van der Waals surface area contributed by atoms with Gasteiger partial charge in [-0.2, -0.15) is 0 Å². The number of anilines is 1. The fourth-order valence-corrected chi connectivity index (χ4v) is 4.26. The van der Waals surface area contributed by atoms with Gasteiger partial charge in [-0.15, -0.1) is 0 Å². The van der Waals surface area contributed by atoms with Crippen molar-refractivity contribution >= 4 is 34.9 Å². The number of imide groups is 1. The molecular weight excluding hydrogens is 376 g/mol. The van der Waals surface area contributed by atoms with Crippen LogP contribution in [0.2, 0.25) is 0 Å². The number of nitrogens with zero attached hydrogens (tertiary/aromatic N) is 3. The maximum absolute atomic E-state index is 11.7. The fraction of sp³-hybridized carbons (Fsp3) is 0.400. The Hall–Kier alpha value is -2.61. The zero-order valence-corrected chi connectivity index (χ0v) is 16.3. The van der Waals surface area contributed by atoms with Crippen LogP contribution < -0.4 is 10.2 Å². The van der Waals surface area contributed by atoms with Crippen molar-refractivity contribution < 1.29 is 14.0 Å². The number of piperidine rings is 1. The van der Waals surface area contributed by atoms with Crippen molar-refractivity contribution in [3.05, 3.63) is 47.0 Å². The monoisotopic (exact) mass is 398 g/mol. The first-order chi connectivity index (χ1) is 13.7. The Morgan fingerprint density at radius 2 is 2.14 bits per heavy atom. The summed E-state index contributed by atoms with van der Waals surface area (Å²) in [7, 11) is 0. The summed E-state index contributed by atoms with van der Waals surface area (Å²) in [5.74, 6) is 2.09. The number of nitrogens with one attached hydrogen (secondary N) is 1. The van der Waals surface area contributed by atoms with Gasteiger partial charge in [-0.05, 0) is 67.6 Å². The lowest BCUT2D eigenvalue weighted by molar-refractivity contribution is -0.115. The van der Waals surface area contributed by atoms with Gasteiger partial charge < -0.3 is 9.32 Å². The predicted octanol–water partition coefficient (Wildman–Crippen LogP) is 3.63. The molecule has 8 heteroatoms. The van der Waals surface area contributed by atoms with Crippen molar-refractivity contribution in [2.75, 3.05) is 18.0 Å². The van der Waals surface area contributed by atoms with Crippen LogP contribution in [0.5, 0.6) is 0 Å². The van der Waals surface area contributed by atoms with Crippen LogP contribution in [0, 0.1) is 5.92 Å².